The average Bonchev–Trinajstić information content (AvgIpc) is 2.26. The Hall–Kier alpha value is -1.39. The average molecular weight is 198 g/mol. The van der Waals surface area contributed by atoms with Crippen molar-refractivity contribution in [3.63, 3.8) is 0 Å². The summed E-state index contributed by atoms with van der Waals surface area (Å²) in [6, 6.07) is 0. The van der Waals surface area contributed by atoms with Crippen LogP contribution in [0.25, 0.3) is 0 Å². The van der Waals surface area contributed by atoms with Gasteiger partial charge in [-0.1, -0.05) is 0 Å². The fraction of sp³-hybridized carbons (Fsp3) is 0.667. The van der Waals surface area contributed by atoms with E-state index in [0.29, 0.717) is 26.1 Å². The van der Waals surface area contributed by atoms with Gasteiger partial charge in [-0.15, -0.1) is 0 Å². The van der Waals surface area contributed by atoms with E-state index in [-0.39, 0.29) is 18.2 Å². The molecule has 1 aliphatic rings. The highest BCUT2D eigenvalue weighted by Crippen LogP contribution is 2.04. The van der Waals surface area contributed by atoms with Crippen LogP contribution in [0.15, 0.2) is 0 Å². The Balaban J connectivity index is 2.56. The third-order valence-corrected chi connectivity index (χ3v) is 2.30. The second-order valence-corrected chi connectivity index (χ2v) is 3.33. The van der Waals surface area contributed by atoms with E-state index < -0.39 is 0 Å². The predicted octanol–water partition coefficient (Wildman–Crippen LogP) is -0.734. The molecule has 78 valence electrons. The summed E-state index contributed by atoms with van der Waals surface area (Å²) in [5.41, 5.74) is 0. The van der Waals surface area contributed by atoms with Gasteiger partial charge in [-0.05, 0) is 0 Å². The highest BCUT2D eigenvalue weighted by Gasteiger charge is 2.23. The largest absolute Gasteiger partial charge is 0.344 e. The van der Waals surface area contributed by atoms with Gasteiger partial charge in [0.25, 0.3) is 0 Å². The summed E-state index contributed by atoms with van der Waals surface area (Å²) < 4.78 is 0. The number of likely N-dealkylation sites (N-methyl/N-ethyl adjacent to an activating group) is 1. The Labute approximate surface area is 82.7 Å². The number of rotatable bonds is 3. The van der Waals surface area contributed by atoms with Crippen molar-refractivity contribution >= 4 is 18.1 Å². The summed E-state index contributed by atoms with van der Waals surface area (Å²) in [6.07, 6.45) is 1.04. The van der Waals surface area contributed by atoms with Crippen molar-refractivity contribution in [3.8, 4) is 0 Å². The topological polar surface area (TPSA) is 57.7 Å². The van der Waals surface area contributed by atoms with Crippen molar-refractivity contribution in [1.82, 2.24) is 9.80 Å². The van der Waals surface area contributed by atoms with Crippen LogP contribution in [0.5, 0.6) is 0 Å². The van der Waals surface area contributed by atoms with Gasteiger partial charge in [0, 0.05) is 33.1 Å². The monoisotopic (exact) mass is 198 g/mol. The Morgan fingerprint density at radius 2 is 2.00 bits per heavy atom. The van der Waals surface area contributed by atoms with E-state index in [1.54, 1.807) is 16.8 Å². The van der Waals surface area contributed by atoms with Gasteiger partial charge in [0.2, 0.25) is 11.8 Å². The molecule has 0 aromatic carbocycles. The van der Waals surface area contributed by atoms with E-state index >= 15 is 0 Å². The molecule has 0 unspecified atom stereocenters. The van der Waals surface area contributed by atoms with E-state index in [0.717, 1.165) is 6.29 Å². The van der Waals surface area contributed by atoms with Crippen molar-refractivity contribution in [3.05, 3.63) is 0 Å². The molecule has 1 aliphatic heterocycles. The van der Waals surface area contributed by atoms with Crippen LogP contribution < -0.4 is 0 Å². The lowest BCUT2D eigenvalue weighted by Crippen LogP contribution is -2.33. The first-order chi connectivity index (χ1) is 6.65. The normalized spacial score (nSPS) is 18.4. The maximum atomic E-state index is 11.4. The van der Waals surface area contributed by atoms with Crippen molar-refractivity contribution < 1.29 is 14.4 Å². The van der Waals surface area contributed by atoms with Gasteiger partial charge < -0.3 is 14.6 Å². The molecule has 1 rings (SSSR count). The molecule has 0 saturated carbocycles. The van der Waals surface area contributed by atoms with E-state index in [1.807, 2.05) is 0 Å². The van der Waals surface area contributed by atoms with Gasteiger partial charge >= 0.3 is 0 Å². The molecule has 14 heavy (non-hydrogen) atoms. The molecular weight excluding hydrogens is 184 g/mol. The highest BCUT2D eigenvalue weighted by molar-refractivity contribution is 5.97. The molecule has 0 radical (unpaired) electrons. The molecule has 5 nitrogen and oxygen atoms in total. The van der Waals surface area contributed by atoms with E-state index in [2.05, 4.69) is 0 Å². The molecule has 2 amide bonds. The maximum Gasteiger partial charge on any atom is 0.232 e. The first-order valence-electron chi connectivity index (χ1n) is 4.60. The number of hydrogen-bond acceptors (Lipinski definition) is 3. The van der Waals surface area contributed by atoms with Crippen LogP contribution in [0.2, 0.25) is 0 Å². The van der Waals surface area contributed by atoms with Crippen LogP contribution in [0.3, 0.4) is 0 Å². The molecule has 1 saturated heterocycles. The second-order valence-electron chi connectivity index (χ2n) is 3.33. The molecule has 0 aromatic heterocycles. The molecule has 0 aliphatic carbocycles. The van der Waals surface area contributed by atoms with Crippen molar-refractivity contribution in [1.29, 1.82) is 0 Å². The summed E-state index contributed by atoms with van der Waals surface area (Å²) in [4.78, 5) is 36.0. The van der Waals surface area contributed by atoms with Crippen molar-refractivity contribution in [2.45, 2.75) is 12.8 Å². The Morgan fingerprint density at radius 1 is 1.29 bits per heavy atom. The molecule has 0 N–H and O–H groups in total. The quantitative estimate of drug-likeness (QED) is 0.443. The second kappa shape index (κ2) is 4.74. The molecule has 0 spiro atoms. The lowest BCUT2D eigenvalue weighted by Gasteiger charge is -2.18. The Bertz CT molecular complexity index is 252. The Morgan fingerprint density at radius 3 is 2.64 bits per heavy atom. The molecule has 0 bridgehead atoms. The van der Waals surface area contributed by atoms with Crippen LogP contribution in [-0.4, -0.2) is 54.6 Å². The Kier molecular flexibility index (Phi) is 3.62. The van der Waals surface area contributed by atoms with Gasteiger partial charge in [0.1, 0.15) is 12.7 Å². The molecule has 5 heteroatoms. The van der Waals surface area contributed by atoms with Gasteiger partial charge in [-0.3, -0.25) is 9.59 Å². The smallest absolute Gasteiger partial charge is 0.232 e. The lowest BCUT2D eigenvalue weighted by atomic mass is 10.3. The minimum atomic E-state index is -0.179. The maximum absolute atomic E-state index is 11.4. The summed E-state index contributed by atoms with van der Waals surface area (Å²) in [5, 5.41) is 0. The van der Waals surface area contributed by atoms with Gasteiger partial charge in [-0.2, -0.15) is 0 Å². The number of nitrogens with zero attached hydrogens (tertiary/aromatic N) is 2. The number of hydrogen-bond donors (Lipinski definition) is 0. The summed E-state index contributed by atoms with van der Waals surface area (Å²) >= 11 is 0. The van der Waals surface area contributed by atoms with E-state index in [4.69, 9.17) is 0 Å². The van der Waals surface area contributed by atoms with E-state index in [9.17, 15) is 14.4 Å². The zero-order chi connectivity index (χ0) is 10.6. The number of aldehydes is 1. The van der Waals surface area contributed by atoms with Gasteiger partial charge in [0.15, 0.2) is 0 Å². The molecule has 0 atom stereocenters. The zero-order valence-electron chi connectivity index (χ0n) is 8.23. The number of carbonyl (C=O) groups excluding carboxylic acids is 3. The van der Waals surface area contributed by atoms with Crippen LogP contribution in [0.4, 0.5) is 0 Å². The van der Waals surface area contributed by atoms with Crippen molar-refractivity contribution in [2.75, 3.05) is 26.7 Å². The third kappa shape index (κ3) is 2.55. The third-order valence-electron chi connectivity index (χ3n) is 2.30. The number of amides is 2. The van der Waals surface area contributed by atoms with Crippen LogP contribution in [0, 0.1) is 0 Å². The molecular formula is C9H14N2O3. The van der Waals surface area contributed by atoms with Crippen LogP contribution >= 0.6 is 0 Å². The predicted molar refractivity (Wildman–Crippen MR) is 49.5 cm³/mol. The SMILES string of the molecule is CN1CCN(CCC=O)C(=O)CC1=O. The van der Waals surface area contributed by atoms with Gasteiger partial charge in [-0.25, -0.2) is 0 Å². The van der Waals surface area contributed by atoms with Gasteiger partial charge in [0.05, 0.1) is 0 Å². The van der Waals surface area contributed by atoms with Crippen LogP contribution in [0.1, 0.15) is 12.8 Å². The lowest BCUT2D eigenvalue weighted by molar-refractivity contribution is -0.136. The first kappa shape index (κ1) is 10.7. The molecule has 0 aromatic rings. The summed E-state index contributed by atoms with van der Waals surface area (Å²) in [6.45, 7) is 1.49. The summed E-state index contributed by atoms with van der Waals surface area (Å²) in [5.74, 6) is -0.329. The minimum absolute atomic E-state index is 0.0741. The number of carbonyl (C=O) groups is 3. The minimum Gasteiger partial charge on any atom is -0.344 e. The van der Waals surface area contributed by atoms with Crippen molar-refractivity contribution in [2.24, 2.45) is 0 Å². The fourth-order valence-electron chi connectivity index (χ4n) is 1.34. The zero-order valence-corrected chi connectivity index (χ0v) is 8.23. The standard InChI is InChI=1S/C9H14N2O3/c1-10-4-5-11(3-2-6-12)9(14)7-8(10)13/h6H,2-5,7H2,1H3. The highest BCUT2D eigenvalue weighted by atomic mass is 16.2. The molecule has 1 fully saturated rings. The first-order valence-corrected chi connectivity index (χ1v) is 4.60. The van der Waals surface area contributed by atoms with E-state index in [1.165, 1.54) is 0 Å². The van der Waals surface area contributed by atoms with Crippen LogP contribution in [-0.2, 0) is 14.4 Å². The summed E-state index contributed by atoms with van der Waals surface area (Å²) in [7, 11) is 1.68. The fourth-order valence-corrected chi connectivity index (χ4v) is 1.34. The molecule has 1 heterocycles.